The molecule has 0 radical (unpaired) electrons. The Balaban J connectivity index is 1.45. The number of hydrogen-bond acceptors (Lipinski definition) is 7. The summed E-state index contributed by atoms with van der Waals surface area (Å²) in [5.41, 5.74) is 8.21. The number of anilines is 1. The third-order valence-electron chi connectivity index (χ3n) is 5.96. The number of hydrogen-bond donors (Lipinski definition) is 3. The molecule has 11 heteroatoms. The molecule has 0 bridgehead atoms. The molecule has 5 rings (SSSR count). The number of nitrogens with zero attached hydrogens (tertiary/aromatic N) is 5. The molecule has 9 nitrogen and oxygen atoms in total. The fourth-order valence-electron chi connectivity index (χ4n) is 4.23. The number of benzene rings is 1. The first-order valence-electron chi connectivity index (χ1n) is 10.7. The quantitative estimate of drug-likeness (QED) is 0.366. The van der Waals surface area contributed by atoms with E-state index in [9.17, 15) is 4.79 Å². The van der Waals surface area contributed by atoms with E-state index in [0.29, 0.717) is 57.0 Å². The van der Waals surface area contributed by atoms with Gasteiger partial charge in [0.2, 0.25) is 0 Å². The van der Waals surface area contributed by atoms with Crippen molar-refractivity contribution in [2.45, 2.75) is 31.8 Å². The average Bonchev–Trinajstić information content (AvgIpc) is 3.45. The van der Waals surface area contributed by atoms with Gasteiger partial charge >= 0.3 is 0 Å². The minimum Gasteiger partial charge on any atom is -0.360 e. The van der Waals surface area contributed by atoms with Crippen LogP contribution in [0.3, 0.4) is 0 Å². The predicted octanol–water partition coefficient (Wildman–Crippen LogP) is 3.94. The van der Waals surface area contributed by atoms with E-state index in [1.807, 2.05) is 13.0 Å². The molecule has 1 fully saturated rings. The van der Waals surface area contributed by atoms with E-state index in [4.69, 9.17) is 28.9 Å². The minimum absolute atomic E-state index is 0.0425. The van der Waals surface area contributed by atoms with E-state index in [-0.39, 0.29) is 18.0 Å². The molecule has 33 heavy (non-hydrogen) atoms. The van der Waals surface area contributed by atoms with Crippen molar-refractivity contribution in [1.29, 1.82) is 0 Å². The lowest BCUT2D eigenvalue weighted by Gasteiger charge is -2.24. The van der Waals surface area contributed by atoms with Gasteiger partial charge in [0, 0.05) is 24.5 Å². The zero-order valence-corrected chi connectivity index (χ0v) is 19.4. The standard InChI is InChI=1S/C22H22Cl2N8O/c1-11(19-29-16-4-5-18(24)30-21(16)31-19)28-20-14-7-15(23)13(8-17(14)26-10-27-20)22(33)32-6-2-3-12(32)9-25/h4-5,7-8,10-12H,2-3,6,9,25H2,1H3,(H,26,27,28)(H,29,30,31)/t11-,12+/m1/s1. The normalized spacial score (nSPS) is 17.1. The summed E-state index contributed by atoms with van der Waals surface area (Å²) >= 11 is 12.5. The number of halogens is 2. The predicted molar refractivity (Wildman–Crippen MR) is 129 cm³/mol. The van der Waals surface area contributed by atoms with Gasteiger partial charge in [0.25, 0.3) is 5.91 Å². The second-order valence-corrected chi connectivity index (χ2v) is 8.89. The maximum atomic E-state index is 13.1. The van der Waals surface area contributed by atoms with Crippen LogP contribution in [-0.4, -0.2) is 54.9 Å². The van der Waals surface area contributed by atoms with Crippen LogP contribution in [0.15, 0.2) is 30.6 Å². The van der Waals surface area contributed by atoms with Crippen LogP contribution in [0, 0.1) is 0 Å². The number of H-pyrrole nitrogens is 1. The summed E-state index contributed by atoms with van der Waals surface area (Å²) in [6.07, 6.45) is 3.31. The van der Waals surface area contributed by atoms with Crippen molar-refractivity contribution in [2.75, 3.05) is 18.4 Å². The number of nitrogens with one attached hydrogen (secondary N) is 2. The van der Waals surface area contributed by atoms with Crippen molar-refractivity contribution in [2.24, 2.45) is 5.73 Å². The molecule has 1 aliphatic heterocycles. The van der Waals surface area contributed by atoms with E-state index in [2.05, 4.69) is 30.2 Å². The summed E-state index contributed by atoms with van der Waals surface area (Å²) < 4.78 is 0. The Morgan fingerprint density at radius 1 is 1.30 bits per heavy atom. The fraction of sp³-hybridized carbons (Fsp3) is 0.318. The number of carbonyl (C=O) groups is 1. The summed E-state index contributed by atoms with van der Waals surface area (Å²) in [4.78, 5) is 35.7. The van der Waals surface area contributed by atoms with Crippen molar-refractivity contribution in [3.8, 4) is 0 Å². The average molecular weight is 485 g/mol. The van der Waals surface area contributed by atoms with Crippen LogP contribution < -0.4 is 11.1 Å². The van der Waals surface area contributed by atoms with Crippen LogP contribution in [-0.2, 0) is 0 Å². The molecular weight excluding hydrogens is 463 g/mol. The Morgan fingerprint density at radius 3 is 2.97 bits per heavy atom. The lowest BCUT2D eigenvalue weighted by Crippen LogP contribution is -2.40. The molecule has 0 saturated carbocycles. The zero-order chi connectivity index (χ0) is 23.1. The number of amides is 1. The first-order chi connectivity index (χ1) is 15.9. The number of likely N-dealkylation sites (tertiary alicyclic amines) is 1. The van der Waals surface area contributed by atoms with Gasteiger partial charge in [-0.25, -0.2) is 19.9 Å². The highest BCUT2D eigenvalue weighted by molar-refractivity contribution is 6.35. The summed E-state index contributed by atoms with van der Waals surface area (Å²) in [6, 6.07) is 6.82. The minimum atomic E-state index is -0.217. The van der Waals surface area contributed by atoms with Crippen LogP contribution in [0.5, 0.6) is 0 Å². The lowest BCUT2D eigenvalue weighted by molar-refractivity contribution is 0.0741. The van der Waals surface area contributed by atoms with E-state index in [1.165, 1.54) is 6.33 Å². The second kappa shape index (κ2) is 8.74. The topological polar surface area (TPSA) is 126 Å². The molecule has 1 aromatic carbocycles. The first kappa shape index (κ1) is 21.8. The third kappa shape index (κ3) is 4.07. The van der Waals surface area contributed by atoms with Gasteiger partial charge in [0.1, 0.15) is 23.1 Å². The van der Waals surface area contributed by atoms with E-state index >= 15 is 0 Å². The SMILES string of the molecule is C[C@@H](Nc1ncnc2cc(C(=O)N3CCC[C@H]3CN)c(Cl)cc12)c1nc2nc(Cl)ccc2[nH]1. The first-order valence-corrected chi connectivity index (χ1v) is 11.4. The Kier molecular flexibility index (Phi) is 5.77. The second-order valence-electron chi connectivity index (χ2n) is 8.09. The molecule has 2 atom stereocenters. The third-order valence-corrected chi connectivity index (χ3v) is 6.48. The monoisotopic (exact) mass is 484 g/mol. The number of aromatic nitrogens is 5. The van der Waals surface area contributed by atoms with Crippen molar-refractivity contribution in [1.82, 2.24) is 29.8 Å². The Morgan fingerprint density at radius 2 is 2.15 bits per heavy atom. The molecule has 0 spiro atoms. The smallest absolute Gasteiger partial charge is 0.255 e. The van der Waals surface area contributed by atoms with E-state index in [0.717, 1.165) is 18.4 Å². The maximum absolute atomic E-state index is 13.1. The lowest BCUT2D eigenvalue weighted by atomic mass is 10.1. The highest BCUT2D eigenvalue weighted by atomic mass is 35.5. The zero-order valence-electron chi connectivity index (χ0n) is 17.8. The van der Waals surface area contributed by atoms with Crippen molar-refractivity contribution in [3.05, 3.63) is 52.2 Å². The van der Waals surface area contributed by atoms with Crippen LogP contribution in [0.1, 0.15) is 42.0 Å². The fourth-order valence-corrected chi connectivity index (χ4v) is 4.61. The van der Waals surface area contributed by atoms with Gasteiger partial charge in [0.05, 0.1) is 27.7 Å². The Bertz CT molecular complexity index is 1360. The summed E-state index contributed by atoms with van der Waals surface area (Å²) in [7, 11) is 0. The molecule has 170 valence electrons. The summed E-state index contributed by atoms with van der Waals surface area (Å²) in [5, 5.41) is 4.79. The van der Waals surface area contributed by atoms with Gasteiger partial charge in [0.15, 0.2) is 5.65 Å². The Labute approximate surface area is 199 Å². The van der Waals surface area contributed by atoms with Crippen LogP contribution in [0.2, 0.25) is 10.2 Å². The number of imidazole rings is 1. The number of fused-ring (bicyclic) bond motifs is 2. The largest absolute Gasteiger partial charge is 0.360 e. The van der Waals surface area contributed by atoms with Gasteiger partial charge < -0.3 is 20.9 Å². The number of rotatable bonds is 5. The van der Waals surface area contributed by atoms with Crippen molar-refractivity contribution >= 4 is 57.0 Å². The van der Waals surface area contributed by atoms with Crippen LogP contribution in [0.4, 0.5) is 5.82 Å². The molecule has 4 heterocycles. The molecule has 1 aliphatic rings. The number of aromatic amines is 1. The maximum Gasteiger partial charge on any atom is 0.255 e. The molecule has 1 saturated heterocycles. The Hall–Kier alpha value is -3.01. The van der Waals surface area contributed by atoms with Crippen LogP contribution in [0.25, 0.3) is 22.1 Å². The highest BCUT2D eigenvalue weighted by Gasteiger charge is 2.30. The molecule has 4 N–H and O–H groups in total. The number of carbonyl (C=O) groups excluding carboxylic acids is 1. The highest BCUT2D eigenvalue weighted by Crippen LogP contribution is 2.31. The summed E-state index contributed by atoms with van der Waals surface area (Å²) in [6.45, 7) is 3.07. The van der Waals surface area contributed by atoms with E-state index < -0.39 is 0 Å². The molecule has 0 unspecified atom stereocenters. The number of pyridine rings is 1. The van der Waals surface area contributed by atoms with Crippen molar-refractivity contribution < 1.29 is 4.79 Å². The molecule has 1 amide bonds. The number of nitrogens with two attached hydrogens (primary N) is 1. The van der Waals surface area contributed by atoms with Gasteiger partial charge in [-0.3, -0.25) is 4.79 Å². The molecule has 3 aromatic heterocycles. The van der Waals surface area contributed by atoms with Crippen molar-refractivity contribution in [3.63, 3.8) is 0 Å². The molecule has 4 aromatic rings. The summed E-state index contributed by atoms with van der Waals surface area (Å²) in [5.74, 6) is 1.15. The van der Waals surface area contributed by atoms with E-state index in [1.54, 1.807) is 23.1 Å². The van der Waals surface area contributed by atoms with Gasteiger partial charge in [-0.1, -0.05) is 23.2 Å². The van der Waals surface area contributed by atoms with Crippen LogP contribution >= 0.6 is 23.2 Å². The molecule has 0 aliphatic carbocycles. The van der Waals surface area contributed by atoms with Gasteiger partial charge in [-0.15, -0.1) is 0 Å². The van der Waals surface area contributed by atoms with Gasteiger partial charge in [-0.2, -0.15) is 0 Å². The van der Waals surface area contributed by atoms with Gasteiger partial charge in [-0.05, 0) is 44.0 Å². The molecular formula is C22H22Cl2N8O.